The maximum absolute atomic E-state index is 6.09. The molecule has 0 aliphatic carbocycles. The maximum Gasteiger partial charge on any atom is 0.0760 e. The molecule has 0 amide bonds. The maximum atomic E-state index is 6.09. The van der Waals surface area contributed by atoms with Crippen LogP contribution in [0.1, 0.15) is 17.3 Å². The highest BCUT2D eigenvalue weighted by atomic mass is 79.9. The molecule has 2 N–H and O–H groups in total. The van der Waals surface area contributed by atoms with Crippen LogP contribution in [0.3, 0.4) is 0 Å². The van der Waals surface area contributed by atoms with E-state index in [4.69, 9.17) is 17.3 Å². The van der Waals surface area contributed by atoms with Crippen LogP contribution in [0.25, 0.3) is 0 Å². The molecule has 0 aliphatic heterocycles. The topological polar surface area (TPSA) is 51.8 Å². The zero-order chi connectivity index (χ0) is 12.3. The highest BCUT2D eigenvalue weighted by molar-refractivity contribution is 9.10. The first-order valence-electron chi connectivity index (χ1n) is 5.12. The number of rotatable bonds is 3. The van der Waals surface area contributed by atoms with Crippen LogP contribution in [-0.4, -0.2) is 9.97 Å². The molecule has 0 aromatic carbocycles. The summed E-state index contributed by atoms with van der Waals surface area (Å²) in [5.41, 5.74) is 7.85. The van der Waals surface area contributed by atoms with Crippen LogP contribution in [-0.2, 0) is 6.42 Å². The van der Waals surface area contributed by atoms with Crippen LogP contribution in [0.4, 0.5) is 0 Å². The van der Waals surface area contributed by atoms with Crippen molar-refractivity contribution in [3.63, 3.8) is 0 Å². The SMILES string of the molecule is NC(Cc1cncc(Br)c1)c1ncccc1Cl. The van der Waals surface area contributed by atoms with Crippen molar-refractivity contribution in [1.29, 1.82) is 0 Å². The molecular formula is C12H11BrClN3. The summed E-state index contributed by atoms with van der Waals surface area (Å²) < 4.78 is 0.939. The zero-order valence-corrected chi connectivity index (χ0v) is 11.3. The summed E-state index contributed by atoms with van der Waals surface area (Å²) in [4.78, 5) is 8.31. The fraction of sp³-hybridized carbons (Fsp3) is 0.167. The van der Waals surface area contributed by atoms with Crippen molar-refractivity contribution in [2.45, 2.75) is 12.5 Å². The Labute approximate surface area is 113 Å². The summed E-state index contributed by atoms with van der Waals surface area (Å²) in [6.07, 6.45) is 5.88. The van der Waals surface area contributed by atoms with Crippen molar-refractivity contribution < 1.29 is 0 Å². The molecule has 2 aromatic heterocycles. The quantitative estimate of drug-likeness (QED) is 0.947. The number of nitrogens with zero attached hydrogens (tertiary/aromatic N) is 2. The van der Waals surface area contributed by atoms with Gasteiger partial charge in [-0.2, -0.15) is 0 Å². The van der Waals surface area contributed by atoms with Crippen molar-refractivity contribution >= 4 is 27.5 Å². The average Bonchev–Trinajstić information content (AvgIpc) is 2.29. The number of aromatic nitrogens is 2. The molecule has 0 saturated heterocycles. The zero-order valence-electron chi connectivity index (χ0n) is 8.98. The fourth-order valence-electron chi connectivity index (χ4n) is 1.59. The molecule has 5 heteroatoms. The van der Waals surface area contributed by atoms with Crippen LogP contribution >= 0.6 is 27.5 Å². The van der Waals surface area contributed by atoms with Crippen molar-refractivity contribution in [2.75, 3.05) is 0 Å². The highest BCUT2D eigenvalue weighted by Crippen LogP contribution is 2.22. The molecule has 0 saturated carbocycles. The van der Waals surface area contributed by atoms with Gasteiger partial charge in [0.05, 0.1) is 16.8 Å². The summed E-state index contributed by atoms with van der Waals surface area (Å²) >= 11 is 9.43. The van der Waals surface area contributed by atoms with E-state index in [9.17, 15) is 0 Å². The summed E-state index contributed by atoms with van der Waals surface area (Å²) in [7, 11) is 0. The number of hydrogen-bond acceptors (Lipinski definition) is 3. The smallest absolute Gasteiger partial charge is 0.0760 e. The van der Waals surface area contributed by atoms with Crippen molar-refractivity contribution in [1.82, 2.24) is 9.97 Å². The van der Waals surface area contributed by atoms with E-state index < -0.39 is 0 Å². The molecular weight excluding hydrogens is 302 g/mol. The average molecular weight is 313 g/mol. The molecule has 0 spiro atoms. The Hall–Kier alpha value is -0.970. The van der Waals surface area contributed by atoms with Gasteiger partial charge in [-0.05, 0) is 46.1 Å². The van der Waals surface area contributed by atoms with Gasteiger partial charge in [0.1, 0.15) is 0 Å². The van der Waals surface area contributed by atoms with E-state index in [0.717, 1.165) is 10.0 Å². The molecule has 1 unspecified atom stereocenters. The van der Waals surface area contributed by atoms with Gasteiger partial charge in [-0.3, -0.25) is 9.97 Å². The Bertz CT molecular complexity index is 519. The van der Waals surface area contributed by atoms with Gasteiger partial charge in [0, 0.05) is 23.1 Å². The van der Waals surface area contributed by atoms with E-state index in [-0.39, 0.29) is 6.04 Å². The van der Waals surface area contributed by atoms with E-state index in [1.807, 2.05) is 6.07 Å². The minimum absolute atomic E-state index is 0.222. The van der Waals surface area contributed by atoms with Gasteiger partial charge in [0.15, 0.2) is 0 Å². The number of pyridine rings is 2. The molecule has 3 nitrogen and oxygen atoms in total. The molecule has 0 radical (unpaired) electrons. The monoisotopic (exact) mass is 311 g/mol. The standard InChI is InChI=1S/C12H11BrClN3/c13-9-4-8(6-16-7-9)5-11(15)12-10(14)2-1-3-17-12/h1-4,6-7,11H,5,15H2. The first kappa shape index (κ1) is 12.5. The van der Waals surface area contributed by atoms with Gasteiger partial charge in [-0.25, -0.2) is 0 Å². The second kappa shape index (κ2) is 5.58. The third-order valence-corrected chi connectivity index (χ3v) is 3.11. The lowest BCUT2D eigenvalue weighted by Gasteiger charge is -2.12. The van der Waals surface area contributed by atoms with E-state index in [2.05, 4.69) is 25.9 Å². The van der Waals surface area contributed by atoms with E-state index in [1.54, 1.807) is 30.7 Å². The van der Waals surface area contributed by atoms with Crippen LogP contribution in [0.2, 0.25) is 5.02 Å². The lowest BCUT2D eigenvalue weighted by Crippen LogP contribution is -2.15. The molecule has 0 fully saturated rings. The molecule has 0 aliphatic rings. The first-order chi connectivity index (χ1) is 8.16. The van der Waals surface area contributed by atoms with Crippen LogP contribution in [0, 0.1) is 0 Å². The summed E-state index contributed by atoms with van der Waals surface area (Å²) in [6, 6.07) is 5.35. The molecule has 2 aromatic rings. The highest BCUT2D eigenvalue weighted by Gasteiger charge is 2.12. The Morgan fingerprint density at radius 1 is 1.41 bits per heavy atom. The molecule has 0 bridgehead atoms. The lowest BCUT2D eigenvalue weighted by molar-refractivity contribution is 0.694. The third kappa shape index (κ3) is 3.25. The first-order valence-corrected chi connectivity index (χ1v) is 6.29. The largest absolute Gasteiger partial charge is 0.322 e. The van der Waals surface area contributed by atoms with Gasteiger partial charge in [-0.1, -0.05) is 11.6 Å². The Morgan fingerprint density at radius 2 is 2.24 bits per heavy atom. The van der Waals surface area contributed by atoms with Crippen molar-refractivity contribution in [3.8, 4) is 0 Å². The Kier molecular flexibility index (Phi) is 4.10. The van der Waals surface area contributed by atoms with Crippen molar-refractivity contribution in [3.05, 3.63) is 57.5 Å². The molecule has 88 valence electrons. The van der Waals surface area contributed by atoms with Crippen LogP contribution < -0.4 is 5.73 Å². The van der Waals surface area contributed by atoms with Crippen LogP contribution in [0.5, 0.6) is 0 Å². The molecule has 1 atom stereocenters. The van der Waals surface area contributed by atoms with E-state index in [1.165, 1.54) is 0 Å². The van der Waals surface area contributed by atoms with Gasteiger partial charge >= 0.3 is 0 Å². The number of nitrogens with two attached hydrogens (primary N) is 1. The van der Waals surface area contributed by atoms with Gasteiger partial charge < -0.3 is 5.73 Å². The third-order valence-electron chi connectivity index (χ3n) is 2.36. The predicted molar refractivity (Wildman–Crippen MR) is 71.8 cm³/mol. The fourth-order valence-corrected chi connectivity index (χ4v) is 2.26. The van der Waals surface area contributed by atoms with Gasteiger partial charge in [0.2, 0.25) is 0 Å². The summed E-state index contributed by atoms with van der Waals surface area (Å²) in [5, 5.41) is 0.600. The van der Waals surface area contributed by atoms with E-state index in [0.29, 0.717) is 17.1 Å². The Balaban J connectivity index is 2.17. The minimum atomic E-state index is -0.222. The molecule has 2 rings (SSSR count). The normalized spacial score (nSPS) is 12.4. The molecule has 17 heavy (non-hydrogen) atoms. The second-order valence-electron chi connectivity index (χ2n) is 3.69. The van der Waals surface area contributed by atoms with Gasteiger partial charge in [-0.15, -0.1) is 0 Å². The van der Waals surface area contributed by atoms with Crippen molar-refractivity contribution in [2.24, 2.45) is 5.73 Å². The van der Waals surface area contributed by atoms with Gasteiger partial charge in [0.25, 0.3) is 0 Å². The second-order valence-corrected chi connectivity index (χ2v) is 5.02. The lowest BCUT2D eigenvalue weighted by atomic mass is 10.1. The summed E-state index contributed by atoms with van der Waals surface area (Å²) in [6.45, 7) is 0. The predicted octanol–water partition coefficient (Wildman–Crippen LogP) is 3.14. The molecule has 2 heterocycles. The number of halogens is 2. The van der Waals surface area contributed by atoms with E-state index >= 15 is 0 Å². The number of hydrogen-bond donors (Lipinski definition) is 1. The minimum Gasteiger partial charge on any atom is -0.322 e. The summed E-state index contributed by atoms with van der Waals surface area (Å²) in [5.74, 6) is 0. The van der Waals surface area contributed by atoms with Crippen LogP contribution in [0.15, 0.2) is 41.3 Å². The Morgan fingerprint density at radius 3 is 2.94 bits per heavy atom.